The summed E-state index contributed by atoms with van der Waals surface area (Å²) in [6.07, 6.45) is 0. The van der Waals surface area contributed by atoms with Crippen LogP contribution < -0.4 is 10.6 Å². The molecule has 0 heterocycles. The van der Waals surface area contributed by atoms with Gasteiger partial charge in [-0.25, -0.2) is 4.39 Å². The maximum Gasteiger partial charge on any atom is 0.240 e. The molecule has 0 aliphatic carbocycles. The highest BCUT2D eigenvalue weighted by Crippen LogP contribution is 2.25. The van der Waals surface area contributed by atoms with Crippen molar-refractivity contribution < 1.29 is 14.0 Å². The first kappa shape index (κ1) is 14.9. The molecular formula is C12H11ClFN3O2. The van der Waals surface area contributed by atoms with Crippen molar-refractivity contribution in [2.24, 2.45) is 0 Å². The molecule has 0 saturated heterocycles. The Kier molecular flexibility index (Phi) is 5.27. The molecule has 7 heteroatoms. The van der Waals surface area contributed by atoms with E-state index >= 15 is 0 Å². The maximum absolute atomic E-state index is 13.6. The molecule has 19 heavy (non-hydrogen) atoms. The second kappa shape index (κ2) is 6.71. The second-order valence-corrected chi connectivity index (χ2v) is 4.08. The Hall–Kier alpha value is -2.13. The van der Waals surface area contributed by atoms with Crippen LogP contribution >= 0.6 is 11.6 Å². The predicted molar refractivity (Wildman–Crippen MR) is 66.6 cm³/mol. The number of benzene rings is 1. The number of nitriles is 1. The van der Waals surface area contributed by atoms with Crippen LogP contribution in [0.15, 0.2) is 18.2 Å². The van der Waals surface area contributed by atoms with Crippen molar-refractivity contribution in [3.8, 4) is 6.07 Å². The molecule has 0 aromatic heterocycles. The van der Waals surface area contributed by atoms with E-state index in [0.717, 1.165) is 6.07 Å². The summed E-state index contributed by atoms with van der Waals surface area (Å²) in [4.78, 5) is 22.1. The molecule has 100 valence electrons. The number of rotatable bonds is 4. The number of hydrogen-bond donors (Lipinski definition) is 2. The number of hydrogen-bond acceptors (Lipinski definition) is 3. The van der Waals surface area contributed by atoms with Gasteiger partial charge in [0.05, 0.1) is 12.6 Å². The van der Waals surface area contributed by atoms with E-state index in [1.54, 1.807) is 6.07 Å². The quantitative estimate of drug-likeness (QED) is 0.874. The van der Waals surface area contributed by atoms with Crippen molar-refractivity contribution >= 4 is 23.4 Å². The zero-order valence-electron chi connectivity index (χ0n) is 10.0. The second-order valence-electron chi connectivity index (χ2n) is 3.67. The summed E-state index contributed by atoms with van der Waals surface area (Å²) in [6.45, 7) is 0.961. The molecule has 2 N–H and O–H groups in total. The first-order valence-electron chi connectivity index (χ1n) is 5.33. The summed E-state index contributed by atoms with van der Waals surface area (Å²) in [6, 6.07) is 4.50. The average Bonchev–Trinajstić information content (AvgIpc) is 2.34. The highest BCUT2D eigenvalue weighted by Gasteiger charge is 2.20. The summed E-state index contributed by atoms with van der Waals surface area (Å²) >= 11 is 5.80. The predicted octanol–water partition coefficient (Wildman–Crippen LogP) is 1.30. The van der Waals surface area contributed by atoms with E-state index in [0.29, 0.717) is 0 Å². The summed E-state index contributed by atoms with van der Waals surface area (Å²) in [5.41, 5.74) is -0.0946. The van der Waals surface area contributed by atoms with E-state index in [1.165, 1.54) is 19.1 Å². The van der Waals surface area contributed by atoms with Crippen LogP contribution in [0.25, 0.3) is 0 Å². The fourth-order valence-corrected chi connectivity index (χ4v) is 1.64. The Balaban J connectivity index is 2.82. The Morgan fingerprint density at radius 1 is 1.53 bits per heavy atom. The van der Waals surface area contributed by atoms with Gasteiger partial charge in [-0.3, -0.25) is 9.59 Å². The number of halogens is 2. The van der Waals surface area contributed by atoms with Gasteiger partial charge in [0.1, 0.15) is 11.9 Å². The van der Waals surface area contributed by atoms with E-state index in [4.69, 9.17) is 16.9 Å². The maximum atomic E-state index is 13.6. The van der Waals surface area contributed by atoms with Crippen molar-refractivity contribution in [2.75, 3.05) is 6.54 Å². The normalized spacial score (nSPS) is 11.3. The van der Waals surface area contributed by atoms with E-state index in [-0.39, 0.29) is 23.0 Å². The van der Waals surface area contributed by atoms with E-state index in [9.17, 15) is 14.0 Å². The molecule has 1 aromatic rings. The third-order valence-electron chi connectivity index (χ3n) is 2.22. The Labute approximate surface area is 114 Å². The summed E-state index contributed by atoms with van der Waals surface area (Å²) < 4.78 is 13.6. The molecule has 1 atom stereocenters. The molecule has 0 radical (unpaired) electrons. The molecule has 1 rings (SSSR count). The van der Waals surface area contributed by atoms with Crippen LogP contribution in [0.1, 0.15) is 18.5 Å². The molecule has 5 nitrogen and oxygen atoms in total. The van der Waals surface area contributed by atoms with E-state index in [1.807, 2.05) is 0 Å². The van der Waals surface area contributed by atoms with Crippen LogP contribution in [0.4, 0.5) is 4.39 Å². The van der Waals surface area contributed by atoms with Crippen LogP contribution in [0.2, 0.25) is 5.02 Å². The molecule has 0 aliphatic heterocycles. The summed E-state index contributed by atoms with van der Waals surface area (Å²) in [5, 5.41) is 13.6. The van der Waals surface area contributed by atoms with Crippen molar-refractivity contribution in [1.82, 2.24) is 10.6 Å². The van der Waals surface area contributed by atoms with Gasteiger partial charge in [0, 0.05) is 17.5 Å². The third kappa shape index (κ3) is 4.23. The molecule has 2 amide bonds. The van der Waals surface area contributed by atoms with Crippen molar-refractivity contribution in [2.45, 2.75) is 13.0 Å². The zero-order chi connectivity index (χ0) is 14.4. The van der Waals surface area contributed by atoms with Gasteiger partial charge < -0.3 is 10.6 Å². The number of nitrogens with one attached hydrogen (secondary N) is 2. The number of carbonyl (C=O) groups is 2. The monoisotopic (exact) mass is 283 g/mol. The standard InChI is InChI=1S/C12H11ClFN3O2/c1-7(18)16-6-11(19)17-10(5-15)12-8(13)3-2-4-9(12)14/h2-4,10H,6H2,1H3,(H,16,18)(H,17,19)/t10-/m0/s1. The fraction of sp³-hybridized carbons (Fsp3) is 0.250. The molecule has 0 aliphatic rings. The first-order chi connectivity index (χ1) is 8.95. The van der Waals surface area contributed by atoms with Gasteiger partial charge in [0.2, 0.25) is 11.8 Å². The Morgan fingerprint density at radius 3 is 2.74 bits per heavy atom. The SMILES string of the molecule is CC(=O)NCC(=O)N[C@@H](C#N)c1c(F)cccc1Cl. The topological polar surface area (TPSA) is 82.0 Å². The lowest BCUT2D eigenvalue weighted by Crippen LogP contribution is -2.37. The van der Waals surface area contributed by atoms with Gasteiger partial charge in [-0.15, -0.1) is 0 Å². The highest BCUT2D eigenvalue weighted by atomic mass is 35.5. The van der Waals surface area contributed by atoms with Gasteiger partial charge in [0.15, 0.2) is 0 Å². The minimum atomic E-state index is -1.21. The van der Waals surface area contributed by atoms with Gasteiger partial charge in [0.25, 0.3) is 0 Å². The minimum Gasteiger partial charge on any atom is -0.347 e. The van der Waals surface area contributed by atoms with Crippen LogP contribution in [-0.2, 0) is 9.59 Å². The number of amides is 2. The van der Waals surface area contributed by atoms with Crippen LogP contribution in [-0.4, -0.2) is 18.4 Å². The van der Waals surface area contributed by atoms with Gasteiger partial charge in [-0.2, -0.15) is 5.26 Å². The fourth-order valence-electron chi connectivity index (χ4n) is 1.37. The van der Waals surface area contributed by atoms with Crippen LogP contribution in [0.5, 0.6) is 0 Å². The molecule has 1 aromatic carbocycles. The number of carbonyl (C=O) groups excluding carboxylic acids is 2. The van der Waals surface area contributed by atoms with Crippen molar-refractivity contribution in [3.05, 3.63) is 34.6 Å². The molecule has 0 bridgehead atoms. The van der Waals surface area contributed by atoms with Gasteiger partial charge in [-0.05, 0) is 12.1 Å². The Morgan fingerprint density at radius 2 is 2.21 bits per heavy atom. The first-order valence-corrected chi connectivity index (χ1v) is 5.70. The lowest BCUT2D eigenvalue weighted by Gasteiger charge is -2.14. The van der Waals surface area contributed by atoms with Gasteiger partial charge >= 0.3 is 0 Å². The number of nitrogens with zero attached hydrogens (tertiary/aromatic N) is 1. The highest BCUT2D eigenvalue weighted by molar-refractivity contribution is 6.31. The Bertz CT molecular complexity index is 522. The van der Waals surface area contributed by atoms with Gasteiger partial charge in [-0.1, -0.05) is 17.7 Å². The zero-order valence-corrected chi connectivity index (χ0v) is 10.8. The van der Waals surface area contributed by atoms with Crippen molar-refractivity contribution in [3.63, 3.8) is 0 Å². The third-order valence-corrected chi connectivity index (χ3v) is 2.55. The lowest BCUT2D eigenvalue weighted by atomic mass is 10.1. The molecular weight excluding hydrogens is 273 g/mol. The molecule has 0 fully saturated rings. The lowest BCUT2D eigenvalue weighted by molar-refractivity contribution is -0.125. The van der Waals surface area contributed by atoms with Crippen molar-refractivity contribution in [1.29, 1.82) is 5.26 Å². The van der Waals surface area contributed by atoms with Crippen LogP contribution in [0, 0.1) is 17.1 Å². The average molecular weight is 284 g/mol. The smallest absolute Gasteiger partial charge is 0.240 e. The molecule has 0 unspecified atom stereocenters. The molecule has 0 spiro atoms. The summed E-state index contributed by atoms with van der Waals surface area (Å²) in [7, 11) is 0. The molecule has 0 saturated carbocycles. The largest absolute Gasteiger partial charge is 0.347 e. The minimum absolute atomic E-state index is 0.0476. The van der Waals surface area contributed by atoms with E-state index in [2.05, 4.69) is 10.6 Å². The summed E-state index contributed by atoms with van der Waals surface area (Å²) in [5.74, 6) is -1.67. The van der Waals surface area contributed by atoms with E-state index < -0.39 is 17.8 Å². The van der Waals surface area contributed by atoms with Crippen LogP contribution in [0.3, 0.4) is 0 Å².